The Morgan fingerprint density at radius 1 is 1.28 bits per heavy atom. The van der Waals surface area contributed by atoms with Gasteiger partial charge in [0.25, 0.3) is 0 Å². The lowest BCUT2D eigenvalue weighted by molar-refractivity contribution is -0.137. The van der Waals surface area contributed by atoms with Gasteiger partial charge in [-0.15, -0.1) is 0 Å². The summed E-state index contributed by atoms with van der Waals surface area (Å²) in [6.45, 7) is 6.45. The Hall–Kier alpha value is -0.610. The fraction of sp³-hybridized carbons (Fsp3) is 0.929. The number of carbonyl (C=O) groups is 1. The molecular formula is C14H27N3O. The summed E-state index contributed by atoms with van der Waals surface area (Å²) in [6, 6.07) is 1.25. The second kappa shape index (κ2) is 5.57. The number of nitrogens with two attached hydrogens (primary N) is 1. The van der Waals surface area contributed by atoms with E-state index in [2.05, 4.69) is 30.7 Å². The van der Waals surface area contributed by atoms with Gasteiger partial charge in [-0.25, -0.2) is 0 Å². The van der Waals surface area contributed by atoms with Crippen LogP contribution in [0.2, 0.25) is 0 Å². The van der Waals surface area contributed by atoms with Crippen LogP contribution >= 0.6 is 0 Å². The molecule has 0 aliphatic carbocycles. The van der Waals surface area contributed by atoms with Crippen molar-refractivity contribution in [2.24, 2.45) is 17.6 Å². The average Bonchev–Trinajstić information content (AvgIpc) is 2.53. The van der Waals surface area contributed by atoms with Crippen molar-refractivity contribution in [2.75, 3.05) is 26.7 Å². The topological polar surface area (TPSA) is 49.6 Å². The number of likely N-dealkylation sites (N-methyl/N-ethyl adjacent to an activating group) is 1. The highest BCUT2D eigenvalue weighted by atomic mass is 16.2. The van der Waals surface area contributed by atoms with Gasteiger partial charge in [0.1, 0.15) is 0 Å². The number of amides is 1. The van der Waals surface area contributed by atoms with E-state index in [1.165, 1.54) is 12.8 Å². The largest absolute Gasteiger partial charge is 0.341 e. The molecule has 0 saturated carbocycles. The molecule has 3 unspecified atom stereocenters. The highest BCUT2D eigenvalue weighted by Crippen LogP contribution is 2.29. The van der Waals surface area contributed by atoms with Crippen molar-refractivity contribution in [1.29, 1.82) is 0 Å². The number of carbonyl (C=O) groups excluding carboxylic acids is 1. The molecule has 1 amide bonds. The number of hydrogen-bond donors (Lipinski definition) is 1. The molecule has 0 spiro atoms. The molecule has 2 N–H and O–H groups in total. The fourth-order valence-corrected chi connectivity index (χ4v) is 3.40. The summed E-state index contributed by atoms with van der Waals surface area (Å²) < 4.78 is 0. The number of likely N-dealkylation sites (tertiary alicyclic amines) is 1. The van der Waals surface area contributed by atoms with Gasteiger partial charge in [0, 0.05) is 31.7 Å². The second-order valence-electron chi connectivity index (χ2n) is 6.21. The van der Waals surface area contributed by atoms with Gasteiger partial charge in [0.15, 0.2) is 0 Å². The molecule has 2 heterocycles. The predicted molar refractivity (Wildman–Crippen MR) is 73.2 cm³/mol. The zero-order valence-corrected chi connectivity index (χ0v) is 11.9. The number of fused-ring (bicyclic) bond motifs is 2. The Bertz CT molecular complexity index is 305. The van der Waals surface area contributed by atoms with Crippen molar-refractivity contribution in [3.8, 4) is 0 Å². The maximum Gasteiger partial charge on any atom is 0.227 e. The molecule has 2 rings (SSSR count). The third kappa shape index (κ3) is 2.54. The van der Waals surface area contributed by atoms with Gasteiger partial charge in [-0.05, 0) is 32.2 Å². The smallest absolute Gasteiger partial charge is 0.227 e. The lowest BCUT2D eigenvalue weighted by atomic mass is 9.94. The molecule has 2 bridgehead atoms. The van der Waals surface area contributed by atoms with Crippen LogP contribution in [0.3, 0.4) is 0 Å². The first-order chi connectivity index (χ1) is 8.54. The highest BCUT2D eigenvalue weighted by Gasteiger charge is 2.37. The van der Waals surface area contributed by atoms with E-state index in [1.54, 1.807) is 0 Å². The van der Waals surface area contributed by atoms with Gasteiger partial charge < -0.3 is 10.6 Å². The molecule has 0 aromatic rings. The minimum atomic E-state index is -0.00747. The molecule has 4 nitrogen and oxygen atoms in total. The maximum absolute atomic E-state index is 12.5. The lowest BCUT2D eigenvalue weighted by Gasteiger charge is -2.30. The highest BCUT2D eigenvalue weighted by molar-refractivity contribution is 5.79. The van der Waals surface area contributed by atoms with E-state index in [1.807, 2.05) is 0 Å². The molecule has 0 radical (unpaired) electrons. The van der Waals surface area contributed by atoms with Crippen molar-refractivity contribution >= 4 is 5.91 Å². The molecule has 104 valence electrons. The molecule has 2 aliphatic rings. The molecule has 0 aromatic heterocycles. The van der Waals surface area contributed by atoms with Crippen LogP contribution in [0.5, 0.6) is 0 Å². The summed E-state index contributed by atoms with van der Waals surface area (Å²) in [6.07, 6.45) is 3.65. The van der Waals surface area contributed by atoms with Gasteiger partial charge in [0.05, 0.1) is 5.92 Å². The van der Waals surface area contributed by atoms with Crippen molar-refractivity contribution < 1.29 is 4.79 Å². The van der Waals surface area contributed by atoms with Crippen LogP contribution < -0.4 is 5.73 Å². The molecular weight excluding hydrogens is 226 g/mol. The van der Waals surface area contributed by atoms with Crippen molar-refractivity contribution in [2.45, 2.75) is 45.2 Å². The van der Waals surface area contributed by atoms with Crippen LogP contribution in [0.1, 0.15) is 33.1 Å². The minimum Gasteiger partial charge on any atom is -0.341 e. The van der Waals surface area contributed by atoms with E-state index in [9.17, 15) is 4.79 Å². The third-order valence-electron chi connectivity index (χ3n) is 4.84. The minimum absolute atomic E-state index is 0.00747. The Morgan fingerprint density at radius 2 is 1.94 bits per heavy atom. The average molecular weight is 253 g/mol. The first-order valence-corrected chi connectivity index (χ1v) is 7.25. The van der Waals surface area contributed by atoms with Gasteiger partial charge >= 0.3 is 0 Å². The van der Waals surface area contributed by atoms with Crippen LogP contribution in [0, 0.1) is 11.8 Å². The fourth-order valence-electron chi connectivity index (χ4n) is 3.40. The van der Waals surface area contributed by atoms with Gasteiger partial charge in [-0.2, -0.15) is 0 Å². The van der Waals surface area contributed by atoms with Crippen LogP contribution in [0.4, 0.5) is 0 Å². The number of nitrogens with zero attached hydrogens (tertiary/aromatic N) is 2. The third-order valence-corrected chi connectivity index (χ3v) is 4.84. The predicted octanol–water partition coefficient (Wildman–Crippen LogP) is 0.912. The Labute approximate surface area is 110 Å². The van der Waals surface area contributed by atoms with Crippen LogP contribution in [0.15, 0.2) is 0 Å². The van der Waals surface area contributed by atoms with Crippen LogP contribution in [-0.4, -0.2) is 54.5 Å². The van der Waals surface area contributed by atoms with Crippen molar-refractivity contribution in [3.05, 3.63) is 0 Å². The monoisotopic (exact) mass is 253 g/mol. The summed E-state index contributed by atoms with van der Waals surface area (Å²) >= 11 is 0. The van der Waals surface area contributed by atoms with Crippen molar-refractivity contribution in [3.63, 3.8) is 0 Å². The normalized spacial score (nSPS) is 30.6. The van der Waals surface area contributed by atoms with Crippen molar-refractivity contribution in [1.82, 2.24) is 9.80 Å². The van der Waals surface area contributed by atoms with Gasteiger partial charge in [0.2, 0.25) is 5.91 Å². The summed E-state index contributed by atoms with van der Waals surface area (Å²) in [5.74, 6) is 0.598. The molecule has 18 heavy (non-hydrogen) atoms. The molecule has 3 atom stereocenters. The SMILES string of the molecule is CC(C)C(CN)C(=O)N1CCC2CCC(C1)N2C. The Balaban J connectivity index is 2.03. The van der Waals surface area contributed by atoms with E-state index in [0.29, 0.717) is 24.5 Å². The van der Waals surface area contributed by atoms with E-state index in [0.717, 1.165) is 19.5 Å². The quantitative estimate of drug-likeness (QED) is 0.813. The Kier molecular flexibility index (Phi) is 4.28. The van der Waals surface area contributed by atoms with E-state index in [4.69, 9.17) is 5.73 Å². The summed E-state index contributed by atoms with van der Waals surface area (Å²) in [5.41, 5.74) is 5.77. The standard InChI is InChI=1S/C14H27N3O/c1-10(2)13(8-15)14(18)17-7-6-11-4-5-12(9-17)16(11)3/h10-13H,4-9,15H2,1-3H3. The van der Waals surface area contributed by atoms with E-state index in [-0.39, 0.29) is 11.8 Å². The number of rotatable bonds is 3. The van der Waals surface area contributed by atoms with E-state index < -0.39 is 0 Å². The number of hydrogen-bond acceptors (Lipinski definition) is 3. The zero-order valence-electron chi connectivity index (χ0n) is 11.9. The molecule has 2 aliphatic heterocycles. The van der Waals surface area contributed by atoms with Gasteiger partial charge in [-0.1, -0.05) is 13.8 Å². The van der Waals surface area contributed by atoms with Crippen LogP contribution in [-0.2, 0) is 4.79 Å². The second-order valence-corrected chi connectivity index (χ2v) is 6.21. The zero-order chi connectivity index (χ0) is 13.3. The molecule has 2 fully saturated rings. The molecule has 4 heteroatoms. The van der Waals surface area contributed by atoms with Crippen LogP contribution in [0.25, 0.3) is 0 Å². The Morgan fingerprint density at radius 3 is 2.56 bits per heavy atom. The maximum atomic E-state index is 12.5. The summed E-state index contributed by atoms with van der Waals surface area (Å²) in [5, 5.41) is 0. The molecule has 0 aromatic carbocycles. The first-order valence-electron chi connectivity index (χ1n) is 7.25. The van der Waals surface area contributed by atoms with E-state index >= 15 is 0 Å². The first kappa shape index (κ1) is 13.8. The molecule has 2 saturated heterocycles. The van der Waals surface area contributed by atoms with Gasteiger partial charge in [-0.3, -0.25) is 9.69 Å². The summed E-state index contributed by atoms with van der Waals surface area (Å²) in [4.78, 5) is 17.1. The summed E-state index contributed by atoms with van der Waals surface area (Å²) in [7, 11) is 2.21. The lowest BCUT2D eigenvalue weighted by Crippen LogP contribution is -2.45.